The summed E-state index contributed by atoms with van der Waals surface area (Å²) < 4.78 is 0. The van der Waals surface area contributed by atoms with Crippen molar-refractivity contribution in [3.05, 3.63) is 35.9 Å². The van der Waals surface area contributed by atoms with Crippen LogP contribution in [0.4, 0.5) is 0 Å². The van der Waals surface area contributed by atoms with E-state index in [4.69, 9.17) is 0 Å². The van der Waals surface area contributed by atoms with Crippen LogP contribution < -0.4 is 0 Å². The van der Waals surface area contributed by atoms with Gasteiger partial charge in [0.1, 0.15) is 0 Å². The molecule has 3 rings (SSSR count). The predicted molar refractivity (Wildman–Crippen MR) is 79.2 cm³/mol. The molecule has 0 aliphatic carbocycles. The minimum absolute atomic E-state index is 0.284. The molecule has 2 heterocycles. The van der Waals surface area contributed by atoms with Crippen molar-refractivity contribution in [2.24, 2.45) is 0 Å². The van der Waals surface area contributed by atoms with Crippen molar-refractivity contribution < 1.29 is 4.79 Å². The van der Waals surface area contributed by atoms with E-state index in [-0.39, 0.29) is 5.91 Å². The van der Waals surface area contributed by atoms with Gasteiger partial charge >= 0.3 is 0 Å². The lowest BCUT2D eigenvalue weighted by Crippen LogP contribution is -2.53. The monoisotopic (exact) mass is 276 g/mol. The van der Waals surface area contributed by atoms with E-state index >= 15 is 0 Å². The van der Waals surface area contributed by atoms with Gasteiger partial charge in [0, 0.05) is 31.4 Å². The molecule has 1 atom stereocenters. The van der Waals surface area contributed by atoms with Crippen LogP contribution in [0.5, 0.6) is 0 Å². The Kier molecular flexibility index (Phi) is 4.09. The van der Waals surface area contributed by atoms with Gasteiger partial charge in [-0.05, 0) is 17.7 Å². The lowest BCUT2D eigenvalue weighted by Gasteiger charge is -2.37. The van der Waals surface area contributed by atoms with Crippen LogP contribution in [0, 0.1) is 0 Å². The number of thioether (sulfide) groups is 1. The van der Waals surface area contributed by atoms with E-state index in [0.29, 0.717) is 12.6 Å². The maximum atomic E-state index is 12.2. The molecule has 2 fully saturated rings. The highest BCUT2D eigenvalue weighted by Crippen LogP contribution is 2.23. The van der Waals surface area contributed by atoms with E-state index in [0.717, 1.165) is 19.6 Å². The Morgan fingerprint density at radius 2 is 2.05 bits per heavy atom. The smallest absolute Gasteiger partial charge is 0.237 e. The van der Waals surface area contributed by atoms with E-state index in [1.807, 2.05) is 34.9 Å². The second-order valence-corrected chi connectivity index (χ2v) is 6.44. The third kappa shape index (κ3) is 3.12. The molecule has 1 amide bonds. The minimum Gasteiger partial charge on any atom is -0.336 e. The number of amides is 1. The molecule has 19 heavy (non-hydrogen) atoms. The molecule has 0 saturated carbocycles. The van der Waals surface area contributed by atoms with Gasteiger partial charge in [-0.1, -0.05) is 30.3 Å². The summed E-state index contributed by atoms with van der Waals surface area (Å²) in [5.41, 5.74) is 1.22. The van der Waals surface area contributed by atoms with Crippen LogP contribution in [0.15, 0.2) is 30.3 Å². The summed E-state index contributed by atoms with van der Waals surface area (Å²) in [5, 5.41) is 0. The van der Waals surface area contributed by atoms with Crippen molar-refractivity contribution in [2.75, 3.05) is 31.1 Å². The summed E-state index contributed by atoms with van der Waals surface area (Å²) in [5.74, 6) is 2.74. The number of hydrogen-bond donors (Lipinski definition) is 0. The van der Waals surface area contributed by atoms with E-state index in [2.05, 4.69) is 17.0 Å². The molecule has 0 spiro atoms. The van der Waals surface area contributed by atoms with Gasteiger partial charge in [-0.15, -0.1) is 0 Å². The fourth-order valence-electron chi connectivity index (χ4n) is 2.82. The van der Waals surface area contributed by atoms with Crippen molar-refractivity contribution in [2.45, 2.75) is 19.0 Å². The van der Waals surface area contributed by atoms with Crippen LogP contribution >= 0.6 is 11.8 Å². The van der Waals surface area contributed by atoms with Crippen molar-refractivity contribution in [1.29, 1.82) is 0 Å². The van der Waals surface area contributed by atoms with Crippen molar-refractivity contribution >= 4 is 17.7 Å². The van der Waals surface area contributed by atoms with E-state index < -0.39 is 0 Å². The first-order chi connectivity index (χ1) is 9.33. The topological polar surface area (TPSA) is 23.6 Å². The second kappa shape index (κ2) is 5.97. The van der Waals surface area contributed by atoms with Crippen molar-refractivity contribution in [3.63, 3.8) is 0 Å². The van der Waals surface area contributed by atoms with E-state index in [1.54, 1.807) is 0 Å². The largest absolute Gasteiger partial charge is 0.336 e. The van der Waals surface area contributed by atoms with Crippen molar-refractivity contribution in [3.8, 4) is 0 Å². The van der Waals surface area contributed by atoms with Crippen LogP contribution in [0.3, 0.4) is 0 Å². The molecule has 3 nitrogen and oxygen atoms in total. The number of carbonyl (C=O) groups excluding carboxylic acids is 1. The number of rotatable bonds is 3. The molecule has 1 aromatic rings. The maximum absolute atomic E-state index is 12.2. The zero-order chi connectivity index (χ0) is 13.1. The standard InChI is InChI=1S/C15H20N2OS/c18-15-11-16(14-6-9-19-12-14)7-8-17(15)10-13-4-2-1-3-5-13/h1-5,14H,6-12H2. The molecule has 2 aliphatic heterocycles. The quantitative estimate of drug-likeness (QED) is 0.841. The maximum Gasteiger partial charge on any atom is 0.237 e. The first-order valence-corrected chi connectivity index (χ1v) is 8.12. The Morgan fingerprint density at radius 1 is 1.21 bits per heavy atom. The highest BCUT2D eigenvalue weighted by Gasteiger charge is 2.30. The number of carbonyl (C=O) groups is 1. The SMILES string of the molecule is O=C1CN(C2CCSC2)CCN1Cc1ccccc1. The molecule has 4 heteroatoms. The highest BCUT2D eigenvalue weighted by atomic mass is 32.2. The third-order valence-corrected chi connectivity index (χ3v) is 5.13. The summed E-state index contributed by atoms with van der Waals surface area (Å²) >= 11 is 2.01. The molecule has 0 bridgehead atoms. The molecule has 1 aromatic carbocycles. The molecule has 0 N–H and O–H groups in total. The normalized spacial score (nSPS) is 24.9. The number of hydrogen-bond acceptors (Lipinski definition) is 3. The fraction of sp³-hybridized carbons (Fsp3) is 0.533. The van der Waals surface area contributed by atoms with Crippen LogP contribution in [-0.4, -0.2) is 52.9 Å². The molecule has 2 aliphatic rings. The van der Waals surface area contributed by atoms with E-state index in [1.165, 1.54) is 23.5 Å². The minimum atomic E-state index is 0.284. The zero-order valence-electron chi connectivity index (χ0n) is 11.1. The summed E-state index contributed by atoms with van der Waals surface area (Å²) in [6.07, 6.45) is 1.25. The van der Waals surface area contributed by atoms with Crippen LogP contribution in [0.25, 0.3) is 0 Å². The van der Waals surface area contributed by atoms with Crippen molar-refractivity contribution in [1.82, 2.24) is 9.80 Å². The third-order valence-electron chi connectivity index (χ3n) is 3.99. The molecule has 1 unspecified atom stereocenters. The molecule has 102 valence electrons. The van der Waals surface area contributed by atoms with Gasteiger partial charge < -0.3 is 4.90 Å². The van der Waals surface area contributed by atoms with Gasteiger partial charge in [0.2, 0.25) is 5.91 Å². The van der Waals surface area contributed by atoms with E-state index in [9.17, 15) is 4.79 Å². The highest BCUT2D eigenvalue weighted by molar-refractivity contribution is 7.99. The molecular weight excluding hydrogens is 256 g/mol. The average Bonchev–Trinajstić information content (AvgIpc) is 2.96. The first kappa shape index (κ1) is 13.0. The Morgan fingerprint density at radius 3 is 2.74 bits per heavy atom. The summed E-state index contributed by atoms with van der Waals surface area (Å²) in [6.45, 7) is 3.27. The Balaban J connectivity index is 1.57. The lowest BCUT2D eigenvalue weighted by atomic mass is 10.1. The summed E-state index contributed by atoms with van der Waals surface area (Å²) in [6, 6.07) is 10.9. The van der Waals surface area contributed by atoms with Crippen LogP contribution in [0.1, 0.15) is 12.0 Å². The van der Waals surface area contributed by atoms with Gasteiger partial charge in [0.05, 0.1) is 6.54 Å². The Labute approximate surface area is 119 Å². The Hall–Kier alpha value is -1.00. The molecular formula is C15H20N2OS. The van der Waals surface area contributed by atoms with Gasteiger partial charge in [0.15, 0.2) is 0 Å². The number of nitrogens with zero attached hydrogens (tertiary/aromatic N) is 2. The van der Waals surface area contributed by atoms with Crippen LogP contribution in [-0.2, 0) is 11.3 Å². The summed E-state index contributed by atoms with van der Waals surface area (Å²) in [4.78, 5) is 16.6. The van der Waals surface area contributed by atoms with Gasteiger partial charge in [-0.2, -0.15) is 11.8 Å². The van der Waals surface area contributed by atoms with Gasteiger partial charge in [0.25, 0.3) is 0 Å². The second-order valence-electron chi connectivity index (χ2n) is 5.29. The summed E-state index contributed by atoms with van der Waals surface area (Å²) in [7, 11) is 0. The molecule has 0 aromatic heterocycles. The predicted octanol–water partition coefficient (Wildman–Crippen LogP) is 1.84. The molecule has 2 saturated heterocycles. The number of benzene rings is 1. The lowest BCUT2D eigenvalue weighted by molar-refractivity contribution is -0.137. The molecule has 0 radical (unpaired) electrons. The van der Waals surface area contributed by atoms with Gasteiger partial charge in [-0.25, -0.2) is 0 Å². The van der Waals surface area contributed by atoms with Gasteiger partial charge in [-0.3, -0.25) is 9.69 Å². The van der Waals surface area contributed by atoms with Crippen LogP contribution in [0.2, 0.25) is 0 Å². The first-order valence-electron chi connectivity index (χ1n) is 6.96. The fourth-order valence-corrected chi connectivity index (χ4v) is 4.07. The average molecular weight is 276 g/mol. The number of piperazine rings is 1. The Bertz CT molecular complexity index is 431. The zero-order valence-corrected chi connectivity index (χ0v) is 11.9.